The molecule has 0 aliphatic rings. The largest absolute Gasteiger partial charge is 0.493 e. The van der Waals surface area contributed by atoms with Gasteiger partial charge in [0.25, 0.3) is 0 Å². The molecule has 0 bridgehead atoms. The second kappa shape index (κ2) is 10.2. The summed E-state index contributed by atoms with van der Waals surface area (Å²) >= 11 is 3.49. The molecule has 0 aliphatic heterocycles. The number of hydrogen-bond acceptors (Lipinski definition) is 3. The molecular formula is C15H24BrNO2. The first-order valence-electron chi connectivity index (χ1n) is 7.00. The van der Waals surface area contributed by atoms with Crippen LogP contribution in [-0.4, -0.2) is 24.9 Å². The first-order chi connectivity index (χ1) is 9.27. The molecule has 0 radical (unpaired) electrons. The van der Waals surface area contributed by atoms with Gasteiger partial charge in [0.2, 0.25) is 0 Å². The molecule has 0 unspecified atom stereocenters. The number of ether oxygens (including phenoxy) is 1. The average molecular weight is 330 g/mol. The fourth-order valence-electron chi connectivity index (χ4n) is 1.84. The van der Waals surface area contributed by atoms with Crippen molar-refractivity contribution in [3.05, 3.63) is 28.2 Å². The Labute approximate surface area is 124 Å². The van der Waals surface area contributed by atoms with E-state index < -0.39 is 0 Å². The molecule has 4 heteroatoms. The number of aliphatic hydroxyl groups is 1. The van der Waals surface area contributed by atoms with E-state index in [2.05, 4.69) is 34.2 Å². The molecule has 3 nitrogen and oxygen atoms in total. The maximum atomic E-state index is 8.70. The van der Waals surface area contributed by atoms with Gasteiger partial charge in [0, 0.05) is 23.2 Å². The van der Waals surface area contributed by atoms with Gasteiger partial charge in [-0.3, -0.25) is 0 Å². The summed E-state index contributed by atoms with van der Waals surface area (Å²) in [4.78, 5) is 0. The molecular weight excluding hydrogens is 306 g/mol. The van der Waals surface area contributed by atoms with Crippen molar-refractivity contribution < 1.29 is 9.84 Å². The van der Waals surface area contributed by atoms with E-state index >= 15 is 0 Å². The predicted molar refractivity (Wildman–Crippen MR) is 82.6 cm³/mol. The summed E-state index contributed by atoms with van der Waals surface area (Å²) in [5, 5.41) is 12.0. The topological polar surface area (TPSA) is 41.5 Å². The van der Waals surface area contributed by atoms with Crippen molar-refractivity contribution in [3.8, 4) is 5.75 Å². The number of nitrogens with one attached hydrogen (secondary N) is 1. The van der Waals surface area contributed by atoms with Gasteiger partial charge in [0.1, 0.15) is 5.75 Å². The van der Waals surface area contributed by atoms with Crippen LogP contribution in [0.3, 0.4) is 0 Å². The van der Waals surface area contributed by atoms with Crippen molar-refractivity contribution in [2.75, 3.05) is 19.8 Å². The van der Waals surface area contributed by atoms with E-state index in [4.69, 9.17) is 9.84 Å². The number of halogens is 1. The van der Waals surface area contributed by atoms with Gasteiger partial charge in [-0.15, -0.1) is 0 Å². The Hall–Kier alpha value is -0.580. The smallest absolute Gasteiger partial charge is 0.123 e. The summed E-state index contributed by atoms with van der Waals surface area (Å²) in [6.07, 6.45) is 4.12. The first-order valence-corrected chi connectivity index (χ1v) is 7.80. The van der Waals surface area contributed by atoms with Crippen LogP contribution >= 0.6 is 15.9 Å². The van der Waals surface area contributed by atoms with Gasteiger partial charge in [-0.25, -0.2) is 0 Å². The highest BCUT2D eigenvalue weighted by Crippen LogP contribution is 2.23. The zero-order chi connectivity index (χ0) is 13.9. The molecule has 1 rings (SSSR count). The molecule has 0 aromatic heterocycles. The van der Waals surface area contributed by atoms with Crippen LogP contribution in [0.1, 0.15) is 38.2 Å². The molecule has 0 atom stereocenters. The van der Waals surface area contributed by atoms with Gasteiger partial charge in [0.15, 0.2) is 0 Å². The van der Waals surface area contributed by atoms with Gasteiger partial charge in [-0.05, 0) is 44.0 Å². The zero-order valence-corrected chi connectivity index (χ0v) is 13.2. The Morgan fingerprint density at radius 3 is 2.74 bits per heavy atom. The van der Waals surface area contributed by atoms with Crippen LogP contribution < -0.4 is 10.1 Å². The van der Waals surface area contributed by atoms with Crippen LogP contribution in [0, 0.1) is 0 Å². The lowest BCUT2D eigenvalue weighted by atomic mass is 10.2. The number of hydrogen-bond donors (Lipinski definition) is 2. The highest BCUT2D eigenvalue weighted by atomic mass is 79.9. The van der Waals surface area contributed by atoms with E-state index in [-0.39, 0.29) is 0 Å². The van der Waals surface area contributed by atoms with Gasteiger partial charge >= 0.3 is 0 Å². The highest BCUT2D eigenvalue weighted by molar-refractivity contribution is 9.10. The fraction of sp³-hybridized carbons (Fsp3) is 0.600. The Kier molecular flexibility index (Phi) is 8.88. The van der Waals surface area contributed by atoms with Crippen molar-refractivity contribution in [2.45, 2.75) is 39.2 Å². The minimum Gasteiger partial charge on any atom is -0.493 e. The van der Waals surface area contributed by atoms with Crippen molar-refractivity contribution in [3.63, 3.8) is 0 Å². The molecule has 2 N–H and O–H groups in total. The highest BCUT2D eigenvalue weighted by Gasteiger charge is 2.04. The summed E-state index contributed by atoms with van der Waals surface area (Å²) in [5.41, 5.74) is 1.19. The predicted octanol–water partition coefficient (Wildman–Crippen LogP) is 3.49. The van der Waals surface area contributed by atoms with E-state index in [1.54, 1.807) is 0 Å². The van der Waals surface area contributed by atoms with Crippen LogP contribution in [0.15, 0.2) is 22.7 Å². The van der Waals surface area contributed by atoms with Gasteiger partial charge in [-0.1, -0.05) is 29.3 Å². The van der Waals surface area contributed by atoms with Crippen LogP contribution in [0.5, 0.6) is 5.75 Å². The normalized spacial score (nSPS) is 10.7. The summed E-state index contributed by atoms with van der Waals surface area (Å²) in [7, 11) is 0. The van der Waals surface area contributed by atoms with E-state index in [1.165, 1.54) is 5.56 Å². The molecule has 0 fully saturated rings. The number of benzene rings is 1. The van der Waals surface area contributed by atoms with Crippen LogP contribution in [0.2, 0.25) is 0 Å². The Bertz CT molecular complexity index is 358. The van der Waals surface area contributed by atoms with Gasteiger partial charge in [0.05, 0.1) is 6.61 Å². The molecule has 0 amide bonds. The lowest BCUT2D eigenvalue weighted by Crippen LogP contribution is -2.13. The van der Waals surface area contributed by atoms with Gasteiger partial charge < -0.3 is 15.2 Å². The van der Waals surface area contributed by atoms with E-state index in [0.29, 0.717) is 6.61 Å². The standard InChI is InChI=1S/C15H24BrNO2/c1-2-17-12-13-11-14(16)7-8-15(13)19-10-6-4-3-5-9-18/h7-8,11,17-18H,2-6,9-10,12H2,1H3. The molecule has 1 aromatic rings. The van der Waals surface area contributed by atoms with E-state index in [9.17, 15) is 0 Å². The van der Waals surface area contributed by atoms with Crippen LogP contribution in [-0.2, 0) is 6.54 Å². The van der Waals surface area contributed by atoms with Crippen LogP contribution in [0.25, 0.3) is 0 Å². The third-order valence-corrected chi connectivity index (χ3v) is 3.39. The quantitative estimate of drug-likeness (QED) is 0.645. The summed E-state index contributed by atoms with van der Waals surface area (Å²) in [5.74, 6) is 0.964. The second-order valence-electron chi connectivity index (χ2n) is 4.52. The number of aliphatic hydroxyl groups excluding tert-OH is 1. The molecule has 0 saturated carbocycles. The molecule has 0 saturated heterocycles. The molecule has 0 aliphatic carbocycles. The van der Waals surface area contributed by atoms with E-state index in [1.807, 2.05) is 12.1 Å². The van der Waals surface area contributed by atoms with Gasteiger partial charge in [-0.2, -0.15) is 0 Å². The third-order valence-electron chi connectivity index (χ3n) is 2.90. The van der Waals surface area contributed by atoms with Crippen molar-refractivity contribution in [1.29, 1.82) is 0 Å². The molecule has 0 heterocycles. The summed E-state index contributed by atoms with van der Waals surface area (Å²) in [6, 6.07) is 6.13. The van der Waals surface area contributed by atoms with Crippen molar-refractivity contribution in [1.82, 2.24) is 5.32 Å². The maximum absolute atomic E-state index is 8.70. The zero-order valence-electron chi connectivity index (χ0n) is 11.6. The lowest BCUT2D eigenvalue weighted by molar-refractivity contribution is 0.272. The average Bonchev–Trinajstić information content (AvgIpc) is 2.42. The second-order valence-corrected chi connectivity index (χ2v) is 5.43. The first kappa shape index (κ1) is 16.5. The molecule has 19 heavy (non-hydrogen) atoms. The lowest BCUT2D eigenvalue weighted by Gasteiger charge is -2.12. The Balaban J connectivity index is 2.38. The van der Waals surface area contributed by atoms with Crippen molar-refractivity contribution in [2.24, 2.45) is 0 Å². The Morgan fingerprint density at radius 2 is 2.00 bits per heavy atom. The van der Waals surface area contributed by atoms with Crippen molar-refractivity contribution >= 4 is 15.9 Å². The summed E-state index contributed by atoms with van der Waals surface area (Å²) in [6.45, 7) is 4.91. The minimum absolute atomic E-state index is 0.292. The maximum Gasteiger partial charge on any atom is 0.123 e. The number of rotatable bonds is 10. The monoisotopic (exact) mass is 329 g/mol. The number of unbranched alkanes of at least 4 members (excludes halogenated alkanes) is 3. The summed E-state index contributed by atoms with van der Waals surface area (Å²) < 4.78 is 6.93. The van der Waals surface area contributed by atoms with Crippen LogP contribution in [0.4, 0.5) is 0 Å². The minimum atomic E-state index is 0.292. The Morgan fingerprint density at radius 1 is 1.21 bits per heavy atom. The molecule has 1 aromatic carbocycles. The third kappa shape index (κ3) is 6.95. The molecule has 108 valence electrons. The fourth-order valence-corrected chi connectivity index (χ4v) is 2.24. The molecule has 0 spiro atoms. The SMILES string of the molecule is CCNCc1cc(Br)ccc1OCCCCCCO. The van der Waals surface area contributed by atoms with E-state index in [0.717, 1.165) is 55.6 Å².